The topological polar surface area (TPSA) is 37.8 Å². The Morgan fingerprint density at radius 3 is 2.39 bits per heavy atom. The van der Waals surface area contributed by atoms with E-state index in [1.165, 1.54) is 6.07 Å². The zero-order valence-electron chi connectivity index (χ0n) is 8.52. The van der Waals surface area contributed by atoms with Gasteiger partial charge in [-0.3, -0.25) is 0 Å². The summed E-state index contributed by atoms with van der Waals surface area (Å²) in [4.78, 5) is 0. The Labute approximate surface area is 110 Å². The van der Waals surface area contributed by atoms with Crippen molar-refractivity contribution in [1.29, 1.82) is 0 Å². The number of benzene rings is 1. The summed E-state index contributed by atoms with van der Waals surface area (Å²) < 4.78 is 39.3. The molecule has 0 aliphatic carbocycles. The van der Waals surface area contributed by atoms with Gasteiger partial charge in [-0.05, 0) is 0 Å². The van der Waals surface area contributed by atoms with Crippen molar-refractivity contribution in [3.63, 3.8) is 0 Å². The summed E-state index contributed by atoms with van der Waals surface area (Å²) in [5.41, 5.74) is -0.334. The van der Waals surface area contributed by atoms with Crippen molar-refractivity contribution in [2.45, 2.75) is 0 Å². The van der Waals surface area contributed by atoms with Crippen molar-refractivity contribution < 1.29 is 13.2 Å². The summed E-state index contributed by atoms with van der Waals surface area (Å²) in [6.45, 7) is 0. The molecule has 0 atom stereocenters. The Morgan fingerprint density at radius 2 is 1.67 bits per heavy atom. The van der Waals surface area contributed by atoms with Crippen molar-refractivity contribution >= 4 is 34.6 Å². The van der Waals surface area contributed by atoms with Gasteiger partial charge in [-0.25, -0.2) is 13.2 Å². The Morgan fingerprint density at radius 1 is 0.944 bits per heavy atom. The van der Waals surface area contributed by atoms with Crippen LogP contribution in [-0.2, 0) is 0 Å². The monoisotopic (exact) mass is 293 g/mol. The number of anilines is 2. The molecule has 1 N–H and O–H groups in total. The van der Waals surface area contributed by atoms with Crippen molar-refractivity contribution in [2.75, 3.05) is 5.32 Å². The minimum absolute atomic E-state index is 0.000756. The summed E-state index contributed by atoms with van der Waals surface area (Å²) in [6.07, 6.45) is 0. The highest BCUT2D eigenvalue weighted by molar-refractivity contribution is 6.33. The van der Waals surface area contributed by atoms with Gasteiger partial charge in [0.05, 0.1) is 11.4 Å². The maximum atomic E-state index is 13.4. The SMILES string of the molecule is Fc1cc(F)c(F)c(Nc2cc(Cl)nnc2Cl)c1. The van der Waals surface area contributed by atoms with E-state index in [0.29, 0.717) is 6.07 Å². The fraction of sp³-hybridized carbons (Fsp3) is 0. The van der Waals surface area contributed by atoms with Gasteiger partial charge < -0.3 is 5.32 Å². The van der Waals surface area contributed by atoms with E-state index in [1.807, 2.05) is 0 Å². The van der Waals surface area contributed by atoms with Crippen LogP contribution in [0.3, 0.4) is 0 Å². The maximum absolute atomic E-state index is 13.4. The summed E-state index contributed by atoms with van der Waals surface area (Å²) in [5, 5.41) is 9.18. The second-order valence-electron chi connectivity index (χ2n) is 3.25. The van der Waals surface area contributed by atoms with Gasteiger partial charge in [0.25, 0.3) is 0 Å². The number of halogens is 5. The van der Waals surface area contributed by atoms with Crippen LogP contribution in [0.15, 0.2) is 18.2 Å². The molecule has 1 aromatic heterocycles. The molecule has 18 heavy (non-hydrogen) atoms. The summed E-state index contributed by atoms with van der Waals surface area (Å²) in [5.74, 6) is -3.48. The Kier molecular flexibility index (Phi) is 3.58. The predicted octanol–water partition coefficient (Wildman–Crippen LogP) is 3.94. The second-order valence-corrected chi connectivity index (χ2v) is 3.99. The van der Waals surface area contributed by atoms with Crippen molar-refractivity contribution in [2.24, 2.45) is 0 Å². The van der Waals surface area contributed by atoms with E-state index in [0.717, 1.165) is 6.07 Å². The number of nitrogens with zero attached hydrogens (tertiary/aromatic N) is 2. The molecule has 2 rings (SSSR count). The standard InChI is InChI=1S/C10H4Cl2F3N3/c11-8-3-7(10(12)18-17-8)16-6-2-4(13)1-5(14)9(6)15/h1-3H,(H,16,17). The molecule has 1 aromatic carbocycles. The van der Waals surface area contributed by atoms with Gasteiger partial charge in [-0.1, -0.05) is 23.2 Å². The van der Waals surface area contributed by atoms with E-state index < -0.39 is 23.1 Å². The van der Waals surface area contributed by atoms with Gasteiger partial charge in [-0.15, -0.1) is 10.2 Å². The first-order valence-corrected chi connectivity index (χ1v) is 5.33. The molecule has 2 aromatic rings. The first-order chi connectivity index (χ1) is 8.47. The number of nitrogens with one attached hydrogen (secondary N) is 1. The minimum Gasteiger partial charge on any atom is -0.350 e. The van der Waals surface area contributed by atoms with E-state index in [4.69, 9.17) is 23.2 Å². The molecule has 0 bridgehead atoms. The highest BCUT2D eigenvalue weighted by Gasteiger charge is 2.13. The summed E-state index contributed by atoms with van der Waals surface area (Å²) in [6, 6.07) is 2.46. The fourth-order valence-corrected chi connectivity index (χ4v) is 1.52. The van der Waals surface area contributed by atoms with Crippen molar-refractivity contribution in [1.82, 2.24) is 10.2 Å². The quantitative estimate of drug-likeness (QED) is 0.852. The number of rotatable bonds is 2. The van der Waals surface area contributed by atoms with Crippen molar-refractivity contribution in [3.8, 4) is 0 Å². The third-order valence-electron chi connectivity index (χ3n) is 1.98. The molecular weight excluding hydrogens is 290 g/mol. The normalized spacial score (nSPS) is 10.5. The average molecular weight is 294 g/mol. The first-order valence-electron chi connectivity index (χ1n) is 4.57. The van der Waals surface area contributed by atoms with Crippen LogP contribution in [0.5, 0.6) is 0 Å². The Bertz CT molecular complexity index is 607. The van der Waals surface area contributed by atoms with Gasteiger partial charge in [0.15, 0.2) is 21.9 Å². The zero-order valence-corrected chi connectivity index (χ0v) is 10.0. The molecule has 0 fully saturated rings. The number of hydrogen-bond donors (Lipinski definition) is 1. The van der Waals surface area contributed by atoms with Crippen molar-refractivity contribution in [3.05, 3.63) is 46.0 Å². The maximum Gasteiger partial charge on any atom is 0.182 e. The lowest BCUT2D eigenvalue weighted by molar-refractivity contribution is 0.498. The molecule has 0 saturated heterocycles. The van der Waals surface area contributed by atoms with Crippen LogP contribution in [0.25, 0.3) is 0 Å². The third kappa shape index (κ3) is 2.65. The van der Waals surface area contributed by atoms with Crippen LogP contribution in [0, 0.1) is 17.5 Å². The predicted molar refractivity (Wildman–Crippen MR) is 61.7 cm³/mol. The van der Waals surface area contributed by atoms with E-state index in [-0.39, 0.29) is 16.0 Å². The smallest absolute Gasteiger partial charge is 0.182 e. The second kappa shape index (κ2) is 4.99. The molecule has 0 aliphatic heterocycles. The molecule has 94 valence electrons. The van der Waals surface area contributed by atoms with Gasteiger partial charge >= 0.3 is 0 Å². The van der Waals surface area contributed by atoms with Gasteiger partial charge in [-0.2, -0.15) is 0 Å². The Balaban J connectivity index is 2.43. The molecule has 0 unspecified atom stereocenters. The van der Waals surface area contributed by atoms with Gasteiger partial charge in [0, 0.05) is 18.2 Å². The molecule has 0 radical (unpaired) electrons. The van der Waals surface area contributed by atoms with E-state index in [2.05, 4.69) is 15.5 Å². The Hall–Kier alpha value is -1.53. The molecule has 0 amide bonds. The fourth-order valence-electron chi connectivity index (χ4n) is 1.23. The van der Waals surface area contributed by atoms with Crippen LogP contribution in [-0.4, -0.2) is 10.2 Å². The highest BCUT2D eigenvalue weighted by atomic mass is 35.5. The highest BCUT2D eigenvalue weighted by Crippen LogP contribution is 2.27. The first kappa shape index (κ1) is 12.9. The van der Waals surface area contributed by atoms with E-state index in [9.17, 15) is 13.2 Å². The van der Waals surface area contributed by atoms with Crippen LogP contribution in [0.2, 0.25) is 10.3 Å². The summed E-state index contributed by atoms with van der Waals surface area (Å²) >= 11 is 11.2. The molecule has 3 nitrogen and oxygen atoms in total. The van der Waals surface area contributed by atoms with E-state index >= 15 is 0 Å². The van der Waals surface area contributed by atoms with Crippen LogP contribution >= 0.6 is 23.2 Å². The molecule has 0 spiro atoms. The average Bonchev–Trinajstić information content (AvgIpc) is 2.30. The molecule has 0 aliphatic rings. The molecular formula is C10H4Cl2F3N3. The van der Waals surface area contributed by atoms with E-state index in [1.54, 1.807) is 0 Å². The molecule has 0 saturated carbocycles. The van der Waals surface area contributed by atoms with Gasteiger partial charge in [0.1, 0.15) is 5.82 Å². The minimum atomic E-state index is -1.32. The lowest BCUT2D eigenvalue weighted by Gasteiger charge is -2.09. The molecule has 8 heteroatoms. The largest absolute Gasteiger partial charge is 0.350 e. The third-order valence-corrected chi connectivity index (χ3v) is 2.45. The summed E-state index contributed by atoms with van der Waals surface area (Å²) in [7, 11) is 0. The zero-order chi connectivity index (χ0) is 13.3. The van der Waals surface area contributed by atoms with Crippen LogP contribution < -0.4 is 5.32 Å². The van der Waals surface area contributed by atoms with Crippen LogP contribution in [0.1, 0.15) is 0 Å². The van der Waals surface area contributed by atoms with Gasteiger partial charge in [0.2, 0.25) is 0 Å². The van der Waals surface area contributed by atoms with Crippen LogP contribution in [0.4, 0.5) is 24.5 Å². The number of hydrogen-bond acceptors (Lipinski definition) is 3. The number of aromatic nitrogens is 2. The molecule has 1 heterocycles. The lowest BCUT2D eigenvalue weighted by Crippen LogP contribution is -2.00. The lowest BCUT2D eigenvalue weighted by atomic mass is 10.2.